The molecule has 1 aromatic carbocycles. The van der Waals surface area contributed by atoms with Crippen molar-refractivity contribution in [3.05, 3.63) is 31.4 Å². The van der Waals surface area contributed by atoms with E-state index in [1.54, 1.807) is 0 Å². The SMILES string of the molecule is [CH2]Oc1ccc(S(N)(=O)=O)cc1. The van der Waals surface area contributed by atoms with Gasteiger partial charge in [0.25, 0.3) is 0 Å². The lowest BCUT2D eigenvalue weighted by Crippen LogP contribution is -2.11. The van der Waals surface area contributed by atoms with E-state index in [2.05, 4.69) is 11.8 Å². The molecule has 0 atom stereocenters. The molecule has 0 aliphatic heterocycles. The normalized spacial score (nSPS) is 11.2. The summed E-state index contributed by atoms with van der Waals surface area (Å²) in [6, 6.07) is 5.67. The smallest absolute Gasteiger partial charge is 0.238 e. The summed E-state index contributed by atoms with van der Waals surface area (Å²) < 4.78 is 26.1. The van der Waals surface area contributed by atoms with Crippen LogP contribution >= 0.6 is 0 Å². The maximum absolute atomic E-state index is 10.8. The van der Waals surface area contributed by atoms with E-state index in [4.69, 9.17) is 5.14 Å². The van der Waals surface area contributed by atoms with E-state index >= 15 is 0 Å². The predicted octanol–water partition coefficient (Wildman–Crippen LogP) is 0.504. The Bertz CT molecular complexity index is 355. The molecule has 2 N–H and O–H groups in total. The Labute approximate surface area is 71.0 Å². The average Bonchev–Trinajstić information content (AvgIpc) is 2.03. The molecule has 0 aliphatic carbocycles. The van der Waals surface area contributed by atoms with Crippen LogP contribution in [0.3, 0.4) is 0 Å². The van der Waals surface area contributed by atoms with E-state index in [-0.39, 0.29) is 4.90 Å². The second-order valence-electron chi connectivity index (χ2n) is 2.16. The molecule has 65 valence electrons. The van der Waals surface area contributed by atoms with Crippen LogP contribution in [0.25, 0.3) is 0 Å². The molecule has 0 spiro atoms. The highest BCUT2D eigenvalue weighted by molar-refractivity contribution is 7.89. The molecule has 1 rings (SSSR count). The van der Waals surface area contributed by atoms with Crippen LogP contribution in [-0.4, -0.2) is 8.42 Å². The van der Waals surface area contributed by atoms with E-state index in [0.29, 0.717) is 5.75 Å². The summed E-state index contributed by atoms with van der Waals surface area (Å²) in [5, 5.41) is 4.86. The first-order chi connectivity index (χ1) is 5.54. The summed E-state index contributed by atoms with van der Waals surface area (Å²) in [6.45, 7) is 0. The van der Waals surface area contributed by atoms with E-state index in [1.165, 1.54) is 24.3 Å². The standard InChI is InChI=1S/C7H8NO3S/c1-11-6-2-4-7(5-3-6)12(8,9)10/h2-5H,1H2,(H2,8,9,10). The van der Waals surface area contributed by atoms with Gasteiger partial charge in [-0.05, 0) is 24.3 Å². The van der Waals surface area contributed by atoms with Crippen molar-refractivity contribution < 1.29 is 13.2 Å². The van der Waals surface area contributed by atoms with Crippen molar-refractivity contribution in [1.29, 1.82) is 0 Å². The second-order valence-corrected chi connectivity index (χ2v) is 3.72. The van der Waals surface area contributed by atoms with Crippen LogP contribution in [0.1, 0.15) is 0 Å². The third-order valence-corrected chi connectivity index (χ3v) is 2.25. The van der Waals surface area contributed by atoms with Gasteiger partial charge >= 0.3 is 0 Å². The highest BCUT2D eigenvalue weighted by atomic mass is 32.2. The molecule has 0 aliphatic rings. The zero-order chi connectivity index (χ0) is 9.19. The maximum atomic E-state index is 10.8. The van der Waals surface area contributed by atoms with Crippen molar-refractivity contribution in [3.8, 4) is 5.75 Å². The van der Waals surface area contributed by atoms with Gasteiger partial charge in [0.15, 0.2) is 0 Å². The molecule has 0 fully saturated rings. The Kier molecular flexibility index (Phi) is 2.35. The van der Waals surface area contributed by atoms with Crippen molar-refractivity contribution in [2.45, 2.75) is 4.90 Å². The fraction of sp³-hybridized carbons (Fsp3) is 0. The molecule has 0 aromatic heterocycles. The van der Waals surface area contributed by atoms with Gasteiger partial charge in [0.2, 0.25) is 10.0 Å². The van der Waals surface area contributed by atoms with Crippen LogP contribution in [0.4, 0.5) is 0 Å². The highest BCUT2D eigenvalue weighted by Crippen LogP contribution is 2.13. The first kappa shape index (κ1) is 9.02. The minimum atomic E-state index is -3.60. The van der Waals surface area contributed by atoms with Gasteiger partial charge < -0.3 is 4.74 Å². The molecule has 0 amide bonds. The summed E-state index contributed by atoms with van der Waals surface area (Å²) in [5.41, 5.74) is 0. The second kappa shape index (κ2) is 3.12. The van der Waals surface area contributed by atoms with E-state index in [9.17, 15) is 8.42 Å². The predicted molar refractivity (Wildman–Crippen MR) is 43.8 cm³/mol. The van der Waals surface area contributed by atoms with Gasteiger partial charge in [0, 0.05) is 0 Å². The summed E-state index contributed by atoms with van der Waals surface area (Å²) in [6.07, 6.45) is 0. The third-order valence-electron chi connectivity index (χ3n) is 1.32. The van der Waals surface area contributed by atoms with Gasteiger partial charge in [0.05, 0.1) is 4.90 Å². The quantitative estimate of drug-likeness (QED) is 0.731. The van der Waals surface area contributed by atoms with Crippen LogP contribution in [0.5, 0.6) is 5.75 Å². The van der Waals surface area contributed by atoms with Crippen molar-refractivity contribution in [2.75, 3.05) is 0 Å². The molecule has 0 saturated heterocycles. The lowest BCUT2D eigenvalue weighted by atomic mass is 10.3. The van der Waals surface area contributed by atoms with Crippen LogP contribution < -0.4 is 9.88 Å². The fourth-order valence-electron chi connectivity index (χ4n) is 0.726. The first-order valence-electron chi connectivity index (χ1n) is 3.09. The third kappa shape index (κ3) is 1.96. The molecule has 4 nitrogen and oxygen atoms in total. The number of nitrogens with two attached hydrogens (primary N) is 1. The molecular weight excluding hydrogens is 178 g/mol. The minimum Gasteiger partial charge on any atom is -0.490 e. The zero-order valence-corrected chi connectivity index (χ0v) is 7.04. The molecular formula is C7H8NO3S. The van der Waals surface area contributed by atoms with Gasteiger partial charge in [-0.15, -0.1) is 0 Å². The van der Waals surface area contributed by atoms with Gasteiger partial charge in [-0.2, -0.15) is 0 Å². The Morgan fingerprint density at radius 1 is 1.25 bits per heavy atom. The lowest BCUT2D eigenvalue weighted by molar-refractivity contribution is 0.472. The fourth-order valence-corrected chi connectivity index (χ4v) is 1.24. The summed E-state index contributed by atoms with van der Waals surface area (Å²) in [4.78, 5) is 0.0586. The molecule has 0 unspecified atom stereocenters. The number of benzene rings is 1. The van der Waals surface area contributed by atoms with Crippen LogP contribution in [-0.2, 0) is 10.0 Å². The summed E-state index contributed by atoms with van der Waals surface area (Å²) in [7, 11) is -0.437. The van der Waals surface area contributed by atoms with Gasteiger partial charge in [0.1, 0.15) is 12.9 Å². The number of ether oxygens (including phenoxy) is 1. The number of hydrogen-bond donors (Lipinski definition) is 1. The Hall–Kier alpha value is -1.07. The number of primary sulfonamides is 1. The minimum absolute atomic E-state index is 0.0586. The topological polar surface area (TPSA) is 69.4 Å². The molecule has 5 heteroatoms. The number of hydrogen-bond acceptors (Lipinski definition) is 3. The van der Waals surface area contributed by atoms with E-state index < -0.39 is 10.0 Å². The van der Waals surface area contributed by atoms with E-state index in [0.717, 1.165) is 0 Å². The van der Waals surface area contributed by atoms with Crippen LogP contribution in [0.15, 0.2) is 29.2 Å². The van der Waals surface area contributed by atoms with Crippen molar-refractivity contribution >= 4 is 10.0 Å². The number of rotatable bonds is 2. The van der Waals surface area contributed by atoms with Crippen molar-refractivity contribution in [1.82, 2.24) is 0 Å². The Balaban J connectivity index is 3.09. The largest absolute Gasteiger partial charge is 0.490 e. The van der Waals surface area contributed by atoms with E-state index in [1.807, 2.05) is 0 Å². The molecule has 0 bridgehead atoms. The van der Waals surface area contributed by atoms with Gasteiger partial charge in [-0.3, -0.25) is 0 Å². The molecule has 1 radical (unpaired) electrons. The molecule has 0 saturated carbocycles. The maximum Gasteiger partial charge on any atom is 0.238 e. The van der Waals surface area contributed by atoms with Crippen LogP contribution in [0, 0.1) is 7.11 Å². The molecule has 1 aromatic rings. The van der Waals surface area contributed by atoms with Crippen molar-refractivity contribution in [3.63, 3.8) is 0 Å². The highest BCUT2D eigenvalue weighted by Gasteiger charge is 2.05. The lowest BCUT2D eigenvalue weighted by Gasteiger charge is -1.99. The van der Waals surface area contributed by atoms with Gasteiger partial charge in [-0.1, -0.05) is 0 Å². The Morgan fingerprint density at radius 2 is 1.75 bits per heavy atom. The molecule has 12 heavy (non-hydrogen) atoms. The zero-order valence-electron chi connectivity index (χ0n) is 6.23. The average molecular weight is 186 g/mol. The first-order valence-corrected chi connectivity index (χ1v) is 4.63. The van der Waals surface area contributed by atoms with Gasteiger partial charge in [-0.25, -0.2) is 13.6 Å². The van der Waals surface area contributed by atoms with Crippen molar-refractivity contribution in [2.24, 2.45) is 5.14 Å². The summed E-state index contributed by atoms with van der Waals surface area (Å²) >= 11 is 0. The summed E-state index contributed by atoms with van der Waals surface area (Å²) in [5.74, 6) is 0.488. The number of sulfonamides is 1. The Morgan fingerprint density at radius 3 is 2.08 bits per heavy atom. The monoisotopic (exact) mass is 186 g/mol. The molecule has 0 heterocycles. The van der Waals surface area contributed by atoms with Crippen LogP contribution in [0.2, 0.25) is 0 Å².